The summed E-state index contributed by atoms with van der Waals surface area (Å²) >= 11 is 6.43. The number of thiocarbonyl (C=S) groups is 1. The molecule has 4 heterocycles. The number of pyridine rings is 1. The molecule has 2 aromatic rings. The first-order valence-electron chi connectivity index (χ1n) is 9.93. The molecule has 2 aromatic heterocycles. The number of carbonyl (C=O) groups is 1. The smallest absolute Gasteiger partial charge is 0.267 e. The molecule has 2 saturated heterocycles. The molecule has 0 radical (unpaired) electrons. The van der Waals surface area contributed by atoms with Gasteiger partial charge in [0.1, 0.15) is 15.8 Å². The number of carbonyl (C=O) groups excluding carboxylic acids is 1. The maximum Gasteiger partial charge on any atom is 0.267 e. The number of ether oxygens (including phenoxy) is 1. The number of sulfone groups is 1. The molecule has 2 fully saturated rings. The molecule has 1 atom stereocenters. The summed E-state index contributed by atoms with van der Waals surface area (Å²) in [6, 6.07) is 3.14. The maximum absolute atomic E-state index is 13.3. The zero-order chi connectivity index (χ0) is 23.0. The molecule has 1 amide bonds. The quantitative estimate of drug-likeness (QED) is 0.362. The molecule has 9 nitrogen and oxygen atoms in total. The van der Waals surface area contributed by atoms with E-state index < -0.39 is 21.8 Å². The Hall–Kier alpha value is -2.28. The van der Waals surface area contributed by atoms with Gasteiger partial charge < -0.3 is 10.1 Å². The van der Waals surface area contributed by atoms with Crippen molar-refractivity contribution in [3.8, 4) is 0 Å². The third kappa shape index (κ3) is 4.45. The van der Waals surface area contributed by atoms with Gasteiger partial charge in [-0.05, 0) is 31.1 Å². The Morgan fingerprint density at radius 3 is 2.84 bits per heavy atom. The van der Waals surface area contributed by atoms with E-state index in [1.165, 1.54) is 15.4 Å². The zero-order valence-electron chi connectivity index (χ0n) is 17.5. The molecule has 2 aliphatic heterocycles. The Bertz CT molecular complexity index is 1300. The maximum atomic E-state index is 13.3. The zero-order valence-corrected chi connectivity index (χ0v) is 20.0. The second-order valence-electron chi connectivity index (χ2n) is 7.64. The fourth-order valence-electron chi connectivity index (χ4n) is 3.70. The minimum Gasteiger partial charge on any atom is -0.383 e. The van der Waals surface area contributed by atoms with Crippen LogP contribution >= 0.6 is 24.0 Å². The summed E-state index contributed by atoms with van der Waals surface area (Å²) in [7, 11) is -1.61. The van der Waals surface area contributed by atoms with Gasteiger partial charge in [-0.25, -0.2) is 13.4 Å². The van der Waals surface area contributed by atoms with Gasteiger partial charge in [0.25, 0.3) is 11.5 Å². The number of rotatable bonds is 6. The molecule has 0 bridgehead atoms. The van der Waals surface area contributed by atoms with Crippen LogP contribution in [0.1, 0.15) is 17.5 Å². The minimum absolute atomic E-state index is 0.0383. The molecule has 0 aromatic carbocycles. The molecule has 0 aliphatic carbocycles. The fourth-order valence-corrected chi connectivity index (χ4v) is 6.78. The van der Waals surface area contributed by atoms with E-state index in [9.17, 15) is 18.0 Å². The lowest BCUT2D eigenvalue weighted by atomic mass is 10.2. The van der Waals surface area contributed by atoms with Crippen LogP contribution in [0, 0.1) is 6.92 Å². The number of nitrogens with one attached hydrogen (secondary N) is 1. The normalized spacial score (nSPS) is 21.8. The van der Waals surface area contributed by atoms with Gasteiger partial charge in [0.2, 0.25) is 0 Å². The van der Waals surface area contributed by atoms with Crippen LogP contribution in [0.15, 0.2) is 28.0 Å². The lowest BCUT2D eigenvalue weighted by molar-refractivity contribution is -0.123. The highest BCUT2D eigenvalue weighted by molar-refractivity contribution is 8.26. The highest BCUT2D eigenvalue weighted by Gasteiger charge is 2.42. The Balaban J connectivity index is 1.75. The van der Waals surface area contributed by atoms with Crippen molar-refractivity contribution < 1.29 is 17.9 Å². The number of thioether (sulfide) groups is 1. The number of amides is 1. The van der Waals surface area contributed by atoms with Gasteiger partial charge in [-0.1, -0.05) is 30.0 Å². The van der Waals surface area contributed by atoms with Gasteiger partial charge in [-0.3, -0.25) is 18.9 Å². The van der Waals surface area contributed by atoms with Crippen LogP contribution in [-0.4, -0.2) is 70.7 Å². The standard InChI is InChI=1S/C20H22N4O5S3/c1-12-3-4-16-22-17(21-6-7-29-2)14(18(25)23(16)10-12)9-15-19(26)24(20(30)31-15)13-5-8-32(27,28)11-13/h3-4,9-10,13,21H,5-8,11H2,1-2H3/b15-9-/t13-/m0/s1. The highest BCUT2D eigenvalue weighted by Crippen LogP contribution is 2.36. The van der Waals surface area contributed by atoms with Gasteiger partial charge in [-0.2, -0.15) is 0 Å². The summed E-state index contributed by atoms with van der Waals surface area (Å²) in [5.41, 5.74) is 1.26. The average Bonchev–Trinajstić information content (AvgIpc) is 3.23. The first kappa shape index (κ1) is 22.9. The van der Waals surface area contributed by atoms with E-state index in [-0.39, 0.29) is 27.5 Å². The van der Waals surface area contributed by atoms with Gasteiger partial charge >= 0.3 is 0 Å². The fraction of sp³-hybridized carbons (Fsp3) is 0.400. The highest BCUT2D eigenvalue weighted by atomic mass is 32.2. The molecular weight excluding hydrogens is 472 g/mol. The van der Waals surface area contributed by atoms with E-state index in [1.807, 2.05) is 13.0 Å². The number of anilines is 1. The number of nitrogens with zero attached hydrogens (tertiary/aromatic N) is 3. The molecular formula is C20H22N4O5S3. The Morgan fingerprint density at radius 1 is 1.38 bits per heavy atom. The summed E-state index contributed by atoms with van der Waals surface area (Å²) in [4.78, 5) is 32.6. The lowest BCUT2D eigenvalue weighted by Gasteiger charge is -2.20. The van der Waals surface area contributed by atoms with Crippen molar-refractivity contribution in [2.75, 3.05) is 37.1 Å². The summed E-state index contributed by atoms with van der Waals surface area (Å²) in [6.45, 7) is 2.70. The Labute approximate surface area is 194 Å². The topological polar surface area (TPSA) is 110 Å². The molecule has 2 aliphatic rings. The van der Waals surface area contributed by atoms with E-state index >= 15 is 0 Å². The van der Waals surface area contributed by atoms with Crippen molar-refractivity contribution in [3.05, 3.63) is 44.7 Å². The van der Waals surface area contributed by atoms with E-state index in [0.717, 1.165) is 17.3 Å². The van der Waals surface area contributed by atoms with Gasteiger partial charge in [0.15, 0.2) is 9.84 Å². The SMILES string of the molecule is COCCNc1nc2ccc(C)cn2c(=O)c1/C=C1\SC(=S)N([C@H]2CCS(=O)(=O)C2)C1=O. The average molecular weight is 495 g/mol. The number of aryl methyl sites for hydroxylation is 1. The molecule has 12 heteroatoms. The molecule has 0 saturated carbocycles. The van der Waals surface area contributed by atoms with Crippen LogP contribution in [0.4, 0.5) is 5.82 Å². The van der Waals surface area contributed by atoms with Crippen LogP contribution in [0.5, 0.6) is 0 Å². The number of fused-ring (bicyclic) bond motifs is 1. The molecule has 4 rings (SSSR count). The lowest BCUT2D eigenvalue weighted by Crippen LogP contribution is -2.39. The number of methoxy groups -OCH3 is 1. The molecule has 170 valence electrons. The van der Waals surface area contributed by atoms with Crippen molar-refractivity contribution >= 4 is 61.6 Å². The molecule has 32 heavy (non-hydrogen) atoms. The summed E-state index contributed by atoms with van der Waals surface area (Å²) in [5, 5.41) is 3.10. The van der Waals surface area contributed by atoms with Gasteiger partial charge in [0, 0.05) is 19.9 Å². The number of aromatic nitrogens is 2. The van der Waals surface area contributed by atoms with E-state index in [1.54, 1.807) is 19.4 Å². The third-order valence-corrected chi connectivity index (χ3v) is 8.36. The number of hydrogen-bond donors (Lipinski definition) is 1. The summed E-state index contributed by atoms with van der Waals surface area (Å²) in [5.74, 6) is -0.115. The van der Waals surface area contributed by atoms with Crippen molar-refractivity contribution in [2.45, 2.75) is 19.4 Å². The van der Waals surface area contributed by atoms with E-state index in [0.29, 0.717) is 35.4 Å². The monoisotopic (exact) mass is 494 g/mol. The van der Waals surface area contributed by atoms with Crippen molar-refractivity contribution in [2.24, 2.45) is 0 Å². The third-order valence-electron chi connectivity index (χ3n) is 5.28. The molecule has 0 spiro atoms. The summed E-state index contributed by atoms with van der Waals surface area (Å²) in [6.07, 6.45) is 3.53. The first-order valence-corrected chi connectivity index (χ1v) is 13.0. The first-order chi connectivity index (χ1) is 15.2. The number of hydrogen-bond acceptors (Lipinski definition) is 9. The van der Waals surface area contributed by atoms with Crippen LogP contribution in [0.3, 0.4) is 0 Å². The van der Waals surface area contributed by atoms with Crippen LogP contribution in [0.25, 0.3) is 11.7 Å². The predicted octanol–water partition coefficient (Wildman–Crippen LogP) is 1.45. The van der Waals surface area contributed by atoms with Crippen LogP contribution < -0.4 is 10.9 Å². The summed E-state index contributed by atoms with van der Waals surface area (Å²) < 4.78 is 30.6. The minimum atomic E-state index is -3.18. The van der Waals surface area contributed by atoms with Crippen molar-refractivity contribution in [1.29, 1.82) is 0 Å². The van der Waals surface area contributed by atoms with Crippen LogP contribution in [0.2, 0.25) is 0 Å². The molecule has 0 unspecified atom stereocenters. The molecule has 1 N–H and O–H groups in total. The van der Waals surface area contributed by atoms with E-state index in [2.05, 4.69) is 10.3 Å². The Kier molecular flexibility index (Phi) is 6.39. The van der Waals surface area contributed by atoms with Crippen molar-refractivity contribution in [1.82, 2.24) is 14.3 Å². The largest absolute Gasteiger partial charge is 0.383 e. The van der Waals surface area contributed by atoms with Gasteiger partial charge in [0.05, 0.1) is 34.6 Å². The van der Waals surface area contributed by atoms with Gasteiger partial charge in [-0.15, -0.1) is 0 Å². The van der Waals surface area contributed by atoms with E-state index in [4.69, 9.17) is 17.0 Å². The second-order valence-corrected chi connectivity index (χ2v) is 11.5. The van der Waals surface area contributed by atoms with Crippen LogP contribution in [-0.2, 0) is 19.4 Å². The Morgan fingerprint density at radius 2 is 2.16 bits per heavy atom. The second kappa shape index (κ2) is 8.93. The van der Waals surface area contributed by atoms with Crippen molar-refractivity contribution in [3.63, 3.8) is 0 Å². The predicted molar refractivity (Wildman–Crippen MR) is 129 cm³/mol.